The largest absolute Gasteiger partial charge is 0.497 e. The Hall–Kier alpha value is -3.41. The smallest absolute Gasteiger partial charge is 0.322 e. The third-order valence-corrected chi connectivity index (χ3v) is 5.05. The normalized spacial score (nSPS) is 15.6. The van der Waals surface area contributed by atoms with E-state index >= 15 is 0 Å². The van der Waals surface area contributed by atoms with Crippen molar-refractivity contribution >= 4 is 11.7 Å². The summed E-state index contributed by atoms with van der Waals surface area (Å²) >= 11 is 0. The van der Waals surface area contributed by atoms with Crippen LogP contribution in [0.15, 0.2) is 66.9 Å². The highest BCUT2D eigenvalue weighted by Gasteiger charge is 2.32. The van der Waals surface area contributed by atoms with Gasteiger partial charge in [-0.15, -0.1) is 0 Å². The van der Waals surface area contributed by atoms with Crippen molar-refractivity contribution in [3.63, 3.8) is 0 Å². The molecule has 2 amide bonds. The van der Waals surface area contributed by atoms with Gasteiger partial charge in [0.25, 0.3) is 0 Å². The van der Waals surface area contributed by atoms with E-state index in [0.29, 0.717) is 6.54 Å². The first-order chi connectivity index (χ1) is 13.7. The second-order valence-corrected chi connectivity index (χ2v) is 6.66. The van der Waals surface area contributed by atoms with E-state index in [-0.39, 0.29) is 12.1 Å². The molecule has 1 unspecified atom stereocenters. The van der Waals surface area contributed by atoms with Crippen LogP contribution >= 0.6 is 0 Å². The van der Waals surface area contributed by atoms with E-state index in [9.17, 15) is 4.79 Å². The third kappa shape index (κ3) is 3.41. The molecule has 1 atom stereocenters. The van der Waals surface area contributed by atoms with Crippen LogP contribution in [-0.4, -0.2) is 36.3 Å². The lowest BCUT2D eigenvalue weighted by molar-refractivity contribution is 0.181. The maximum absolute atomic E-state index is 13.1. The number of amides is 2. The molecule has 0 spiro atoms. The number of rotatable bonds is 4. The van der Waals surface area contributed by atoms with E-state index < -0.39 is 0 Å². The Morgan fingerprint density at radius 3 is 2.50 bits per heavy atom. The molecule has 28 heavy (non-hydrogen) atoms. The van der Waals surface area contributed by atoms with Gasteiger partial charge in [-0.05, 0) is 54.1 Å². The van der Waals surface area contributed by atoms with Crippen molar-refractivity contribution in [1.82, 2.24) is 9.47 Å². The molecule has 2 aromatic carbocycles. The maximum Gasteiger partial charge on any atom is 0.322 e. The minimum absolute atomic E-state index is 0.134. The molecule has 4 rings (SSSR count). The van der Waals surface area contributed by atoms with Gasteiger partial charge in [-0.25, -0.2) is 4.79 Å². The molecule has 0 saturated carbocycles. The third-order valence-electron chi connectivity index (χ3n) is 5.05. The van der Waals surface area contributed by atoms with Gasteiger partial charge in [-0.2, -0.15) is 0 Å². The van der Waals surface area contributed by atoms with E-state index in [4.69, 9.17) is 9.47 Å². The van der Waals surface area contributed by atoms with E-state index in [2.05, 4.69) is 22.1 Å². The Morgan fingerprint density at radius 1 is 0.964 bits per heavy atom. The highest BCUT2D eigenvalue weighted by molar-refractivity contribution is 5.90. The van der Waals surface area contributed by atoms with Gasteiger partial charge >= 0.3 is 6.03 Å². The first-order valence-electron chi connectivity index (χ1n) is 9.20. The van der Waals surface area contributed by atoms with Crippen LogP contribution in [0.4, 0.5) is 10.5 Å². The van der Waals surface area contributed by atoms with Gasteiger partial charge in [0.1, 0.15) is 11.5 Å². The molecule has 1 aliphatic rings. The van der Waals surface area contributed by atoms with Crippen molar-refractivity contribution in [2.75, 3.05) is 26.1 Å². The molecule has 1 N–H and O–H groups in total. The number of carbonyl (C=O) groups is 1. The summed E-state index contributed by atoms with van der Waals surface area (Å²) < 4.78 is 12.8. The summed E-state index contributed by atoms with van der Waals surface area (Å²) in [6.45, 7) is 1.38. The highest BCUT2D eigenvalue weighted by Crippen LogP contribution is 2.34. The lowest BCUT2D eigenvalue weighted by Gasteiger charge is -2.37. The zero-order valence-electron chi connectivity index (χ0n) is 16.0. The molecule has 2 heterocycles. The first kappa shape index (κ1) is 18.0. The number of hydrogen-bond donors (Lipinski definition) is 1. The van der Waals surface area contributed by atoms with Gasteiger partial charge in [0.2, 0.25) is 0 Å². The first-order valence-corrected chi connectivity index (χ1v) is 9.20. The second kappa shape index (κ2) is 7.68. The number of carbonyl (C=O) groups excluding carboxylic acids is 1. The molecule has 0 saturated heterocycles. The Kier molecular flexibility index (Phi) is 4.93. The van der Waals surface area contributed by atoms with Crippen LogP contribution in [0.25, 0.3) is 0 Å². The zero-order chi connectivity index (χ0) is 19.5. The van der Waals surface area contributed by atoms with Crippen LogP contribution in [0.2, 0.25) is 0 Å². The standard InChI is InChI=1S/C22H23N3O3/c1-27-18-10-8-17(9-11-18)23-22(26)25-14-13-24-12-4-7-20(24)21(25)16-5-3-6-19(15-16)28-2/h3-12,15,21H,13-14H2,1-2H3,(H,23,26). The molecule has 0 aliphatic carbocycles. The topological polar surface area (TPSA) is 55.7 Å². The Balaban J connectivity index is 1.64. The fraction of sp³-hybridized carbons (Fsp3) is 0.227. The van der Waals surface area contributed by atoms with Gasteiger partial charge in [-0.3, -0.25) is 0 Å². The number of fused-ring (bicyclic) bond motifs is 1. The fourth-order valence-corrected chi connectivity index (χ4v) is 3.63. The fourth-order valence-electron chi connectivity index (χ4n) is 3.63. The zero-order valence-corrected chi connectivity index (χ0v) is 16.0. The molecule has 144 valence electrons. The number of aromatic nitrogens is 1. The molecule has 0 bridgehead atoms. The SMILES string of the molecule is COc1ccc(NC(=O)N2CCn3cccc3C2c2cccc(OC)c2)cc1. The molecule has 6 heteroatoms. The van der Waals surface area contributed by atoms with Crippen LogP contribution < -0.4 is 14.8 Å². The van der Waals surface area contributed by atoms with Gasteiger partial charge < -0.3 is 24.3 Å². The van der Waals surface area contributed by atoms with E-state index in [1.54, 1.807) is 14.2 Å². The average Bonchev–Trinajstić information content (AvgIpc) is 3.22. The Bertz CT molecular complexity index is 965. The summed E-state index contributed by atoms with van der Waals surface area (Å²) in [5, 5.41) is 3.01. The second-order valence-electron chi connectivity index (χ2n) is 6.66. The summed E-state index contributed by atoms with van der Waals surface area (Å²) in [5.41, 5.74) is 2.84. The van der Waals surface area contributed by atoms with Crippen molar-refractivity contribution in [1.29, 1.82) is 0 Å². The summed E-state index contributed by atoms with van der Waals surface area (Å²) in [5.74, 6) is 1.53. The Labute approximate surface area is 164 Å². The van der Waals surface area contributed by atoms with Gasteiger partial charge in [-0.1, -0.05) is 12.1 Å². The number of ether oxygens (including phenoxy) is 2. The van der Waals surface area contributed by atoms with Crippen molar-refractivity contribution in [3.8, 4) is 11.5 Å². The summed E-state index contributed by atoms with van der Waals surface area (Å²) in [6, 6.07) is 19.0. The number of hydrogen-bond acceptors (Lipinski definition) is 3. The Morgan fingerprint density at radius 2 is 1.75 bits per heavy atom. The van der Waals surface area contributed by atoms with E-state index in [1.165, 1.54) is 0 Å². The minimum atomic E-state index is -0.183. The lowest BCUT2D eigenvalue weighted by atomic mass is 10.00. The van der Waals surface area contributed by atoms with Crippen LogP contribution in [0, 0.1) is 0 Å². The van der Waals surface area contributed by atoms with Crippen LogP contribution in [0.1, 0.15) is 17.3 Å². The summed E-state index contributed by atoms with van der Waals surface area (Å²) in [4.78, 5) is 15.0. The van der Waals surface area contributed by atoms with Crippen LogP contribution in [0.3, 0.4) is 0 Å². The summed E-state index contributed by atoms with van der Waals surface area (Å²) in [7, 11) is 3.27. The maximum atomic E-state index is 13.1. The van der Waals surface area contributed by atoms with E-state index in [1.807, 2.05) is 59.5 Å². The molecule has 6 nitrogen and oxygen atoms in total. The minimum Gasteiger partial charge on any atom is -0.497 e. The van der Waals surface area contributed by atoms with Gasteiger partial charge in [0.15, 0.2) is 0 Å². The lowest BCUT2D eigenvalue weighted by Crippen LogP contribution is -2.44. The number of nitrogens with zero attached hydrogens (tertiary/aromatic N) is 2. The molecule has 1 aromatic heterocycles. The van der Waals surface area contributed by atoms with Crippen LogP contribution in [0.5, 0.6) is 11.5 Å². The van der Waals surface area contributed by atoms with Crippen molar-refractivity contribution < 1.29 is 14.3 Å². The number of anilines is 1. The van der Waals surface area contributed by atoms with Crippen molar-refractivity contribution in [2.24, 2.45) is 0 Å². The molecular formula is C22H23N3O3. The van der Waals surface area contributed by atoms with Gasteiger partial charge in [0.05, 0.1) is 20.3 Å². The predicted molar refractivity (Wildman–Crippen MR) is 108 cm³/mol. The monoisotopic (exact) mass is 377 g/mol. The number of benzene rings is 2. The quantitative estimate of drug-likeness (QED) is 0.743. The number of nitrogens with one attached hydrogen (secondary N) is 1. The summed E-state index contributed by atoms with van der Waals surface area (Å²) in [6.07, 6.45) is 2.06. The molecular weight excluding hydrogens is 354 g/mol. The van der Waals surface area contributed by atoms with Crippen molar-refractivity contribution in [2.45, 2.75) is 12.6 Å². The molecule has 0 radical (unpaired) electrons. The average molecular weight is 377 g/mol. The number of methoxy groups -OCH3 is 2. The van der Waals surface area contributed by atoms with Gasteiger partial charge in [0, 0.05) is 30.7 Å². The highest BCUT2D eigenvalue weighted by atomic mass is 16.5. The van der Waals surface area contributed by atoms with Crippen molar-refractivity contribution in [3.05, 3.63) is 78.1 Å². The van der Waals surface area contributed by atoms with E-state index in [0.717, 1.165) is 35.0 Å². The molecule has 0 fully saturated rings. The van der Waals surface area contributed by atoms with Crippen LogP contribution in [-0.2, 0) is 6.54 Å². The number of urea groups is 1. The molecule has 3 aromatic rings. The predicted octanol–water partition coefficient (Wildman–Crippen LogP) is 4.14. The molecule has 1 aliphatic heterocycles.